The van der Waals surface area contributed by atoms with Crippen LogP contribution < -0.4 is 10.3 Å². The average Bonchev–Trinajstić information content (AvgIpc) is 2.72. The van der Waals surface area contributed by atoms with E-state index in [1.165, 1.54) is 18.2 Å². The molecular formula is C21H21NO6S. The summed E-state index contributed by atoms with van der Waals surface area (Å²) in [5, 5.41) is 0.694. The molecule has 0 amide bonds. The van der Waals surface area contributed by atoms with E-state index < -0.39 is 21.6 Å². The molecule has 0 spiro atoms. The number of benzene rings is 2. The molecule has 0 saturated heterocycles. The molecule has 0 aliphatic rings. The summed E-state index contributed by atoms with van der Waals surface area (Å²) >= 11 is 0. The summed E-state index contributed by atoms with van der Waals surface area (Å²) < 4.78 is 37.0. The lowest BCUT2D eigenvalue weighted by Gasteiger charge is -2.09. The van der Waals surface area contributed by atoms with Crippen LogP contribution in [0.3, 0.4) is 0 Å². The minimum atomic E-state index is -3.68. The maximum absolute atomic E-state index is 12.1. The van der Waals surface area contributed by atoms with Gasteiger partial charge in [-0.15, -0.1) is 0 Å². The van der Waals surface area contributed by atoms with E-state index in [4.69, 9.17) is 9.15 Å². The first kappa shape index (κ1) is 20.8. The van der Waals surface area contributed by atoms with Crippen LogP contribution in [0.4, 0.5) is 0 Å². The Morgan fingerprint density at radius 2 is 1.86 bits per heavy atom. The Balaban J connectivity index is 1.59. The number of sulfonamides is 1. The molecule has 1 N–H and O–H groups in total. The number of esters is 1. The summed E-state index contributed by atoms with van der Waals surface area (Å²) in [6.07, 6.45) is 0.670. The summed E-state index contributed by atoms with van der Waals surface area (Å²) in [6, 6.07) is 14.7. The van der Waals surface area contributed by atoms with Crippen LogP contribution in [0, 0.1) is 0 Å². The molecule has 0 fully saturated rings. The zero-order chi connectivity index (χ0) is 20.9. The van der Waals surface area contributed by atoms with Crippen molar-refractivity contribution in [1.29, 1.82) is 0 Å². The molecule has 8 heteroatoms. The van der Waals surface area contributed by atoms with Crippen LogP contribution in [0.5, 0.6) is 0 Å². The highest BCUT2D eigenvalue weighted by Crippen LogP contribution is 2.20. The fourth-order valence-corrected chi connectivity index (χ4v) is 3.87. The van der Waals surface area contributed by atoms with Gasteiger partial charge in [0.25, 0.3) is 0 Å². The number of nitrogens with one attached hydrogen (secondary N) is 1. The fourth-order valence-electron chi connectivity index (χ4n) is 2.81. The van der Waals surface area contributed by atoms with Gasteiger partial charge in [-0.25, -0.2) is 17.9 Å². The molecule has 0 radical (unpaired) electrons. The van der Waals surface area contributed by atoms with Crippen LogP contribution in [0.1, 0.15) is 24.5 Å². The molecule has 0 saturated carbocycles. The molecule has 29 heavy (non-hydrogen) atoms. The lowest BCUT2D eigenvalue weighted by Crippen LogP contribution is -2.26. The second-order valence-electron chi connectivity index (χ2n) is 6.40. The number of fused-ring (bicyclic) bond motifs is 1. The Kier molecular flexibility index (Phi) is 6.46. The van der Waals surface area contributed by atoms with Crippen LogP contribution in [0.2, 0.25) is 0 Å². The maximum atomic E-state index is 12.1. The SMILES string of the molecule is CCc1ccc2c(COC(=O)CCNS(=O)(=O)c3ccccc3)cc(=O)oc2c1. The molecule has 1 aromatic heterocycles. The molecule has 7 nitrogen and oxygen atoms in total. The highest BCUT2D eigenvalue weighted by Gasteiger charge is 2.14. The third-order valence-electron chi connectivity index (χ3n) is 4.37. The smallest absolute Gasteiger partial charge is 0.336 e. The van der Waals surface area contributed by atoms with Crippen molar-refractivity contribution < 1.29 is 22.4 Å². The van der Waals surface area contributed by atoms with Crippen LogP contribution in [0.25, 0.3) is 11.0 Å². The van der Waals surface area contributed by atoms with Crippen molar-refractivity contribution >= 4 is 27.0 Å². The zero-order valence-corrected chi connectivity index (χ0v) is 16.7. The quantitative estimate of drug-likeness (QED) is 0.448. The molecule has 0 unspecified atom stereocenters. The number of carbonyl (C=O) groups excluding carboxylic acids is 1. The number of ether oxygens (including phenoxy) is 1. The Morgan fingerprint density at radius 3 is 2.59 bits per heavy atom. The van der Waals surface area contributed by atoms with E-state index in [0.717, 1.165) is 12.0 Å². The number of hydrogen-bond donors (Lipinski definition) is 1. The van der Waals surface area contributed by atoms with E-state index in [1.54, 1.807) is 24.3 Å². The van der Waals surface area contributed by atoms with Gasteiger partial charge in [-0.05, 0) is 30.2 Å². The summed E-state index contributed by atoms with van der Waals surface area (Å²) in [4.78, 5) is 23.9. The first-order chi connectivity index (χ1) is 13.9. The lowest BCUT2D eigenvalue weighted by molar-refractivity contribution is -0.144. The van der Waals surface area contributed by atoms with E-state index in [2.05, 4.69) is 4.72 Å². The van der Waals surface area contributed by atoms with E-state index in [-0.39, 0.29) is 24.5 Å². The van der Waals surface area contributed by atoms with Crippen LogP contribution in [-0.4, -0.2) is 20.9 Å². The second-order valence-corrected chi connectivity index (χ2v) is 8.16. The molecule has 2 aromatic carbocycles. The van der Waals surface area contributed by atoms with Crippen LogP contribution in [-0.2, 0) is 32.6 Å². The number of rotatable bonds is 8. The van der Waals surface area contributed by atoms with Gasteiger partial charge in [0.15, 0.2) is 0 Å². The Hall–Kier alpha value is -2.97. The number of carbonyl (C=O) groups is 1. The van der Waals surface area contributed by atoms with Gasteiger partial charge in [0.1, 0.15) is 12.2 Å². The first-order valence-electron chi connectivity index (χ1n) is 9.15. The van der Waals surface area contributed by atoms with Crippen LogP contribution in [0.15, 0.2) is 68.7 Å². The van der Waals surface area contributed by atoms with Crippen molar-refractivity contribution in [2.45, 2.75) is 31.3 Å². The molecule has 3 aromatic rings. The minimum absolute atomic E-state index is 0.0897. The molecule has 3 rings (SSSR count). The Morgan fingerprint density at radius 1 is 1.10 bits per heavy atom. The van der Waals surface area contributed by atoms with E-state index in [0.29, 0.717) is 16.5 Å². The van der Waals surface area contributed by atoms with Gasteiger partial charge in [-0.3, -0.25) is 4.79 Å². The Bertz CT molecular complexity index is 1170. The monoisotopic (exact) mass is 415 g/mol. The number of hydrogen-bond acceptors (Lipinski definition) is 6. The zero-order valence-electron chi connectivity index (χ0n) is 15.9. The second kappa shape index (κ2) is 9.02. The molecular weight excluding hydrogens is 394 g/mol. The Labute approximate surface area is 168 Å². The van der Waals surface area contributed by atoms with Crippen molar-refractivity contribution in [2.75, 3.05) is 6.54 Å². The van der Waals surface area contributed by atoms with Crippen molar-refractivity contribution in [3.63, 3.8) is 0 Å². The maximum Gasteiger partial charge on any atom is 0.336 e. The summed E-state index contributed by atoms with van der Waals surface area (Å²) in [7, 11) is -3.68. The lowest BCUT2D eigenvalue weighted by atomic mass is 10.1. The van der Waals surface area contributed by atoms with Crippen molar-refractivity contribution in [1.82, 2.24) is 4.72 Å². The third-order valence-corrected chi connectivity index (χ3v) is 5.84. The normalized spacial score (nSPS) is 11.5. The summed E-state index contributed by atoms with van der Waals surface area (Å²) in [5.74, 6) is -0.577. The summed E-state index contributed by atoms with van der Waals surface area (Å²) in [6.45, 7) is 1.81. The van der Waals surface area contributed by atoms with Crippen LogP contribution >= 0.6 is 0 Å². The average molecular weight is 415 g/mol. The van der Waals surface area contributed by atoms with E-state index in [9.17, 15) is 18.0 Å². The minimum Gasteiger partial charge on any atom is -0.461 e. The van der Waals surface area contributed by atoms with E-state index >= 15 is 0 Å². The van der Waals surface area contributed by atoms with Gasteiger partial charge in [0.05, 0.1) is 11.3 Å². The predicted octanol–water partition coefficient (Wildman–Crippen LogP) is 2.77. The van der Waals surface area contributed by atoms with Gasteiger partial charge >= 0.3 is 11.6 Å². The van der Waals surface area contributed by atoms with Gasteiger partial charge in [-0.2, -0.15) is 0 Å². The largest absolute Gasteiger partial charge is 0.461 e. The van der Waals surface area contributed by atoms with Crippen molar-refractivity contribution in [2.24, 2.45) is 0 Å². The molecule has 0 aliphatic carbocycles. The third kappa shape index (κ3) is 5.30. The molecule has 152 valence electrons. The topological polar surface area (TPSA) is 103 Å². The number of aryl methyl sites for hydroxylation is 1. The van der Waals surface area contributed by atoms with Crippen molar-refractivity contribution in [3.8, 4) is 0 Å². The molecule has 0 aliphatic heterocycles. The summed E-state index contributed by atoms with van der Waals surface area (Å²) in [5.41, 5.74) is 1.49. The van der Waals surface area contributed by atoms with E-state index in [1.807, 2.05) is 19.1 Å². The van der Waals surface area contributed by atoms with Crippen molar-refractivity contribution in [3.05, 3.63) is 76.1 Å². The van der Waals surface area contributed by atoms with Gasteiger partial charge in [0.2, 0.25) is 10.0 Å². The fraction of sp³-hybridized carbons (Fsp3) is 0.238. The molecule has 0 bridgehead atoms. The molecule has 1 heterocycles. The highest BCUT2D eigenvalue weighted by atomic mass is 32.2. The predicted molar refractivity (Wildman–Crippen MR) is 108 cm³/mol. The standard InChI is InChI=1S/C21H21NO6S/c1-2-15-8-9-18-16(13-21(24)28-19(18)12-15)14-27-20(23)10-11-22-29(25,26)17-6-4-3-5-7-17/h3-9,12-13,22H,2,10-11,14H2,1H3. The highest BCUT2D eigenvalue weighted by molar-refractivity contribution is 7.89. The van der Waals surface area contributed by atoms with Gasteiger partial charge < -0.3 is 9.15 Å². The molecule has 0 atom stereocenters. The van der Waals surface area contributed by atoms with Gasteiger partial charge in [-0.1, -0.05) is 37.3 Å². The van der Waals surface area contributed by atoms with Gasteiger partial charge in [0, 0.05) is 23.6 Å². The first-order valence-corrected chi connectivity index (χ1v) is 10.6.